The van der Waals surface area contributed by atoms with Crippen LogP contribution in [0.15, 0.2) is 59.7 Å². The molecule has 3 aromatic rings. The van der Waals surface area contributed by atoms with Crippen molar-refractivity contribution in [1.82, 2.24) is 15.1 Å². The number of anilines is 1. The van der Waals surface area contributed by atoms with Crippen LogP contribution in [0.2, 0.25) is 0 Å². The predicted octanol–water partition coefficient (Wildman–Crippen LogP) is 3.85. The number of hydrogen-bond donors (Lipinski definition) is 2. The monoisotopic (exact) mass is 535 g/mol. The highest BCUT2D eigenvalue weighted by atomic mass is 127. The van der Waals surface area contributed by atoms with Gasteiger partial charge in [0.05, 0.1) is 38.2 Å². The molecule has 0 bridgehead atoms. The van der Waals surface area contributed by atoms with E-state index in [9.17, 15) is 0 Å². The molecule has 1 aromatic heterocycles. The van der Waals surface area contributed by atoms with E-state index in [1.807, 2.05) is 59.4 Å². The number of guanidine groups is 1. The highest BCUT2D eigenvalue weighted by Crippen LogP contribution is 2.32. The van der Waals surface area contributed by atoms with E-state index in [2.05, 4.69) is 20.7 Å². The van der Waals surface area contributed by atoms with Gasteiger partial charge in [0, 0.05) is 31.4 Å². The number of rotatable bonds is 5. The van der Waals surface area contributed by atoms with E-state index >= 15 is 0 Å². The van der Waals surface area contributed by atoms with Gasteiger partial charge in [-0.05, 0) is 42.5 Å². The average molecular weight is 535 g/mol. The third-order valence-corrected chi connectivity index (χ3v) is 4.65. The number of nitrogens with one attached hydrogen (secondary N) is 2. The minimum absolute atomic E-state index is 0. The van der Waals surface area contributed by atoms with Crippen LogP contribution in [0.5, 0.6) is 17.2 Å². The van der Waals surface area contributed by atoms with Gasteiger partial charge >= 0.3 is 0 Å². The highest BCUT2D eigenvalue weighted by Gasteiger charge is 2.11. The first-order valence-electron chi connectivity index (χ1n) is 9.81. The van der Waals surface area contributed by atoms with Gasteiger partial charge in [0.25, 0.3) is 0 Å². The maximum absolute atomic E-state index is 5.75. The summed E-state index contributed by atoms with van der Waals surface area (Å²) >= 11 is 0. The molecule has 1 aliphatic rings. The minimum atomic E-state index is 0. The maximum Gasteiger partial charge on any atom is 0.195 e. The van der Waals surface area contributed by atoms with Crippen LogP contribution in [-0.4, -0.2) is 43.1 Å². The molecule has 0 fully saturated rings. The molecule has 2 aromatic carbocycles. The standard InChI is InChI=1S/C22H25N5O3.HI/c1-23-22(25-16-4-9-20-21(14-16)30-13-3-12-29-20)24-15-17-10-11-27(26-17)18-5-7-19(28-2)8-6-18;/h4-11,14H,3,12-13,15H2,1-2H3,(H2,23,24,25);1H. The van der Waals surface area contributed by atoms with Crippen molar-refractivity contribution in [2.75, 3.05) is 32.7 Å². The summed E-state index contributed by atoms with van der Waals surface area (Å²) in [5.41, 5.74) is 2.74. The van der Waals surface area contributed by atoms with E-state index in [0.29, 0.717) is 25.7 Å². The Hall–Kier alpha value is -2.95. The molecule has 164 valence electrons. The molecule has 0 amide bonds. The van der Waals surface area contributed by atoms with Crippen LogP contribution < -0.4 is 24.8 Å². The molecule has 8 nitrogen and oxygen atoms in total. The summed E-state index contributed by atoms with van der Waals surface area (Å²) < 4.78 is 18.5. The Bertz CT molecular complexity index is 1020. The van der Waals surface area contributed by atoms with Crippen molar-refractivity contribution in [2.45, 2.75) is 13.0 Å². The summed E-state index contributed by atoms with van der Waals surface area (Å²) in [5, 5.41) is 11.2. The summed E-state index contributed by atoms with van der Waals surface area (Å²) in [6, 6.07) is 15.5. The molecular formula is C22H26IN5O3. The lowest BCUT2D eigenvalue weighted by Gasteiger charge is -2.13. The summed E-state index contributed by atoms with van der Waals surface area (Å²) in [5.74, 6) is 2.97. The van der Waals surface area contributed by atoms with E-state index in [1.54, 1.807) is 14.2 Å². The molecule has 0 atom stereocenters. The fourth-order valence-electron chi connectivity index (χ4n) is 3.07. The van der Waals surface area contributed by atoms with E-state index in [0.717, 1.165) is 40.7 Å². The minimum Gasteiger partial charge on any atom is -0.497 e. The van der Waals surface area contributed by atoms with Gasteiger partial charge in [-0.25, -0.2) is 4.68 Å². The number of ether oxygens (including phenoxy) is 3. The first-order chi connectivity index (χ1) is 14.7. The van der Waals surface area contributed by atoms with E-state index < -0.39 is 0 Å². The van der Waals surface area contributed by atoms with Gasteiger partial charge in [-0.15, -0.1) is 24.0 Å². The second-order valence-corrected chi connectivity index (χ2v) is 6.71. The first kappa shape index (κ1) is 22.7. The van der Waals surface area contributed by atoms with Gasteiger partial charge in [-0.3, -0.25) is 4.99 Å². The molecule has 0 unspecified atom stereocenters. The Labute approximate surface area is 198 Å². The van der Waals surface area contributed by atoms with Crippen molar-refractivity contribution in [1.29, 1.82) is 0 Å². The lowest BCUT2D eigenvalue weighted by molar-refractivity contribution is 0.297. The SMILES string of the molecule is CN=C(NCc1ccn(-c2ccc(OC)cc2)n1)Nc1ccc2c(c1)OCCCO2.I. The maximum atomic E-state index is 5.75. The summed E-state index contributed by atoms with van der Waals surface area (Å²) in [6.07, 6.45) is 2.81. The Balaban J connectivity index is 0.00000272. The smallest absolute Gasteiger partial charge is 0.195 e. The zero-order valence-electron chi connectivity index (χ0n) is 17.5. The molecule has 0 saturated heterocycles. The van der Waals surface area contributed by atoms with Crippen molar-refractivity contribution in [3.05, 3.63) is 60.4 Å². The quantitative estimate of drug-likeness (QED) is 0.294. The fraction of sp³-hybridized carbons (Fsp3) is 0.273. The van der Waals surface area contributed by atoms with Crippen LogP contribution >= 0.6 is 24.0 Å². The van der Waals surface area contributed by atoms with Crippen LogP contribution in [0, 0.1) is 0 Å². The van der Waals surface area contributed by atoms with Crippen molar-refractivity contribution in [3.8, 4) is 22.9 Å². The fourth-order valence-corrected chi connectivity index (χ4v) is 3.07. The topological polar surface area (TPSA) is 81.9 Å². The largest absolute Gasteiger partial charge is 0.497 e. The van der Waals surface area contributed by atoms with Gasteiger partial charge in [0.15, 0.2) is 17.5 Å². The Morgan fingerprint density at radius 1 is 1.10 bits per heavy atom. The van der Waals surface area contributed by atoms with Crippen molar-refractivity contribution in [3.63, 3.8) is 0 Å². The van der Waals surface area contributed by atoms with E-state index in [-0.39, 0.29) is 24.0 Å². The Morgan fingerprint density at radius 3 is 2.61 bits per heavy atom. The summed E-state index contributed by atoms with van der Waals surface area (Å²) in [7, 11) is 3.38. The van der Waals surface area contributed by atoms with Crippen LogP contribution in [0.3, 0.4) is 0 Å². The number of methoxy groups -OCH3 is 1. The van der Waals surface area contributed by atoms with Gasteiger partial charge in [0.2, 0.25) is 0 Å². The molecule has 0 saturated carbocycles. The highest BCUT2D eigenvalue weighted by molar-refractivity contribution is 14.0. The number of halogens is 1. The molecule has 0 spiro atoms. The second-order valence-electron chi connectivity index (χ2n) is 6.71. The van der Waals surface area contributed by atoms with Crippen molar-refractivity contribution in [2.24, 2.45) is 4.99 Å². The van der Waals surface area contributed by atoms with E-state index in [4.69, 9.17) is 14.2 Å². The molecule has 2 heterocycles. The third kappa shape index (κ3) is 5.81. The summed E-state index contributed by atoms with van der Waals surface area (Å²) in [4.78, 5) is 4.29. The van der Waals surface area contributed by atoms with Crippen LogP contribution in [0.4, 0.5) is 5.69 Å². The van der Waals surface area contributed by atoms with Crippen molar-refractivity contribution >= 4 is 35.6 Å². The van der Waals surface area contributed by atoms with Crippen molar-refractivity contribution < 1.29 is 14.2 Å². The Morgan fingerprint density at radius 2 is 1.87 bits per heavy atom. The molecule has 0 aliphatic carbocycles. The summed E-state index contributed by atoms with van der Waals surface area (Å²) in [6.45, 7) is 1.86. The number of nitrogens with zero attached hydrogens (tertiary/aromatic N) is 3. The van der Waals surface area contributed by atoms with Gasteiger partial charge in [0.1, 0.15) is 5.75 Å². The molecule has 4 rings (SSSR count). The normalized spacial score (nSPS) is 13.0. The van der Waals surface area contributed by atoms with Gasteiger partial charge in [-0.2, -0.15) is 5.10 Å². The van der Waals surface area contributed by atoms with Crippen LogP contribution in [0.25, 0.3) is 5.69 Å². The average Bonchev–Trinajstić information content (AvgIpc) is 3.14. The zero-order valence-corrected chi connectivity index (χ0v) is 19.8. The molecular weight excluding hydrogens is 509 g/mol. The molecule has 9 heteroatoms. The number of aliphatic imine (C=N–C) groups is 1. The predicted molar refractivity (Wildman–Crippen MR) is 131 cm³/mol. The number of fused-ring (bicyclic) bond motifs is 1. The molecule has 0 radical (unpaired) electrons. The molecule has 31 heavy (non-hydrogen) atoms. The van der Waals surface area contributed by atoms with Gasteiger partial charge in [-0.1, -0.05) is 0 Å². The van der Waals surface area contributed by atoms with E-state index in [1.165, 1.54) is 0 Å². The number of benzene rings is 2. The lowest BCUT2D eigenvalue weighted by Crippen LogP contribution is -2.30. The van der Waals surface area contributed by atoms with Crippen LogP contribution in [0.1, 0.15) is 12.1 Å². The first-order valence-corrected chi connectivity index (χ1v) is 9.81. The second kappa shape index (κ2) is 10.9. The Kier molecular flexibility index (Phi) is 7.99. The molecule has 1 aliphatic heterocycles. The van der Waals surface area contributed by atoms with Crippen LogP contribution in [-0.2, 0) is 6.54 Å². The number of aromatic nitrogens is 2. The lowest BCUT2D eigenvalue weighted by atomic mass is 10.3. The number of hydrogen-bond acceptors (Lipinski definition) is 5. The van der Waals surface area contributed by atoms with Gasteiger partial charge < -0.3 is 24.8 Å². The third-order valence-electron chi connectivity index (χ3n) is 4.65. The zero-order chi connectivity index (χ0) is 20.8. The molecule has 2 N–H and O–H groups in total.